The van der Waals surface area contributed by atoms with E-state index in [0.717, 1.165) is 55.3 Å². The lowest BCUT2D eigenvalue weighted by molar-refractivity contribution is 0.668. The van der Waals surface area contributed by atoms with E-state index in [0.29, 0.717) is 0 Å². The standard InChI is InChI=1S/C72H44N2O2/c1-3-11-55(12-4-1)73-65-33-27-49(39-59(65)61-41-51(29-35-67(61)73)53-31-37-71-63(43-53)57-15-7-9-17-69(57)75-71)47-23-19-45(20-24-47)46-21-25-48(26-22-46)50-28-34-66-60(40-50)62-42-52(30-36-68(62)74(66)56-13-5-2-6-14-56)54-32-38-72-64(44-54)58-16-8-10-18-70(58)76-72/h1-44H. The molecule has 0 bridgehead atoms. The van der Waals surface area contributed by atoms with Crippen molar-refractivity contribution in [3.8, 4) is 67.0 Å². The van der Waals surface area contributed by atoms with Crippen LogP contribution in [0.4, 0.5) is 0 Å². The second-order valence-corrected chi connectivity index (χ2v) is 20.0. The molecule has 4 nitrogen and oxygen atoms in total. The number of para-hydroxylation sites is 4. The van der Waals surface area contributed by atoms with Crippen LogP contribution in [0.3, 0.4) is 0 Å². The number of fused-ring (bicyclic) bond motifs is 12. The smallest absolute Gasteiger partial charge is 0.135 e. The Morgan fingerprint density at radius 2 is 0.434 bits per heavy atom. The molecule has 0 unspecified atom stereocenters. The molecule has 0 aliphatic carbocycles. The molecule has 16 rings (SSSR count). The minimum absolute atomic E-state index is 0.905. The van der Waals surface area contributed by atoms with E-state index in [2.05, 4.69) is 252 Å². The molecule has 0 spiro atoms. The lowest BCUT2D eigenvalue weighted by Gasteiger charge is -2.09. The Bertz CT molecular complexity index is 4640. The molecule has 4 heterocycles. The first-order valence-electron chi connectivity index (χ1n) is 26.0. The molecule has 12 aromatic carbocycles. The Balaban J connectivity index is 0.735. The maximum absolute atomic E-state index is 6.19. The minimum Gasteiger partial charge on any atom is -0.456 e. The van der Waals surface area contributed by atoms with Gasteiger partial charge in [0, 0.05) is 54.5 Å². The van der Waals surface area contributed by atoms with Crippen molar-refractivity contribution in [3.05, 3.63) is 267 Å². The molecule has 4 heteroatoms. The van der Waals surface area contributed by atoms with Crippen LogP contribution in [0.1, 0.15) is 0 Å². The monoisotopic (exact) mass is 968 g/mol. The van der Waals surface area contributed by atoms with E-state index in [1.54, 1.807) is 0 Å². The predicted molar refractivity (Wildman–Crippen MR) is 317 cm³/mol. The highest BCUT2D eigenvalue weighted by molar-refractivity contribution is 6.14. The summed E-state index contributed by atoms with van der Waals surface area (Å²) in [5.74, 6) is 0. The van der Waals surface area contributed by atoms with Crippen molar-refractivity contribution in [3.63, 3.8) is 0 Å². The van der Waals surface area contributed by atoms with E-state index in [4.69, 9.17) is 8.83 Å². The Hall–Kier alpha value is -10.2. The number of hydrogen-bond donors (Lipinski definition) is 0. The molecule has 0 radical (unpaired) electrons. The van der Waals surface area contributed by atoms with Crippen LogP contribution >= 0.6 is 0 Å². The van der Waals surface area contributed by atoms with Crippen LogP contribution < -0.4 is 0 Å². The van der Waals surface area contributed by atoms with Gasteiger partial charge in [-0.15, -0.1) is 0 Å². The molecule has 0 fully saturated rings. The third-order valence-corrected chi connectivity index (χ3v) is 15.7. The van der Waals surface area contributed by atoms with Gasteiger partial charge in [0.2, 0.25) is 0 Å². The summed E-state index contributed by atoms with van der Waals surface area (Å²) in [7, 11) is 0. The summed E-state index contributed by atoms with van der Waals surface area (Å²) in [5, 5.41) is 9.41. The highest BCUT2D eigenvalue weighted by Gasteiger charge is 2.18. The second-order valence-electron chi connectivity index (χ2n) is 20.0. The molecular formula is C72H44N2O2. The van der Waals surface area contributed by atoms with Gasteiger partial charge in [-0.2, -0.15) is 0 Å². The van der Waals surface area contributed by atoms with Gasteiger partial charge in [0.05, 0.1) is 22.1 Å². The summed E-state index contributed by atoms with van der Waals surface area (Å²) in [6, 6.07) is 96.7. The van der Waals surface area contributed by atoms with Gasteiger partial charge in [0.25, 0.3) is 0 Å². The molecule has 354 valence electrons. The van der Waals surface area contributed by atoms with Crippen molar-refractivity contribution in [1.29, 1.82) is 0 Å². The van der Waals surface area contributed by atoms with Gasteiger partial charge in [0.1, 0.15) is 22.3 Å². The topological polar surface area (TPSA) is 36.1 Å². The molecule has 0 aliphatic rings. The van der Waals surface area contributed by atoms with Gasteiger partial charge in [-0.05, 0) is 165 Å². The lowest BCUT2D eigenvalue weighted by Crippen LogP contribution is -1.93. The van der Waals surface area contributed by atoms with Gasteiger partial charge in [0.15, 0.2) is 0 Å². The Labute approximate surface area is 437 Å². The van der Waals surface area contributed by atoms with Crippen LogP contribution in [0.5, 0.6) is 0 Å². The predicted octanol–water partition coefficient (Wildman–Crippen LogP) is 20.0. The van der Waals surface area contributed by atoms with Crippen LogP contribution in [0.25, 0.3) is 154 Å². The first-order valence-corrected chi connectivity index (χ1v) is 26.0. The van der Waals surface area contributed by atoms with Crippen LogP contribution in [0, 0.1) is 0 Å². The number of nitrogens with zero attached hydrogens (tertiary/aromatic N) is 2. The van der Waals surface area contributed by atoms with E-state index in [-0.39, 0.29) is 0 Å². The minimum atomic E-state index is 0.905. The Kier molecular flexibility index (Phi) is 9.30. The summed E-state index contributed by atoms with van der Waals surface area (Å²) in [6.07, 6.45) is 0. The van der Waals surface area contributed by atoms with Crippen molar-refractivity contribution in [2.75, 3.05) is 0 Å². The molecule has 0 amide bonds. The van der Waals surface area contributed by atoms with Gasteiger partial charge >= 0.3 is 0 Å². The Morgan fingerprint density at radius 3 is 0.789 bits per heavy atom. The molecule has 16 aromatic rings. The van der Waals surface area contributed by atoms with Crippen LogP contribution in [-0.4, -0.2) is 9.13 Å². The van der Waals surface area contributed by atoms with Crippen LogP contribution in [-0.2, 0) is 0 Å². The highest BCUT2D eigenvalue weighted by atomic mass is 16.3. The summed E-state index contributed by atoms with van der Waals surface area (Å²) in [5.41, 5.74) is 22.4. The van der Waals surface area contributed by atoms with Gasteiger partial charge in [-0.1, -0.05) is 158 Å². The SMILES string of the molecule is c1ccc(-n2c3ccc(-c4ccc(-c5ccc(-c6ccc7c(c6)c6cc(-c8ccc9oc%10ccccc%10c9c8)ccc6n7-c6ccccc6)cc5)cc4)cc3c3cc(-c4ccc5oc6ccccc6c5c4)ccc32)cc1. The van der Waals surface area contributed by atoms with Crippen molar-refractivity contribution in [2.45, 2.75) is 0 Å². The fourth-order valence-corrected chi connectivity index (χ4v) is 12.0. The van der Waals surface area contributed by atoms with E-state index >= 15 is 0 Å². The molecule has 0 saturated carbocycles. The average molecular weight is 969 g/mol. The zero-order valence-electron chi connectivity index (χ0n) is 41.1. The first-order chi connectivity index (χ1) is 37.6. The summed E-state index contributed by atoms with van der Waals surface area (Å²) < 4.78 is 17.2. The van der Waals surface area contributed by atoms with Crippen molar-refractivity contribution >= 4 is 87.5 Å². The molecular weight excluding hydrogens is 925 g/mol. The largest absolute Gasteiger partial charge is 0.456 e. The fraction of sp³-hybridized carbons (Fsp3) is 0. The third-order valence-electron chi connectivity index (χ3n) is 15.7. The zero-order valence-corrected chi connectivity index (χ0v) is 41.1. The number of hydrogen-bond acceptors (Lipinski definition) is 2. The molecule has 0 N–H and O–H groups in total. The van der Waals surface area contributed by atoms with Crippen molar-refractivity contribution < 1.29 is 8.83 Å². The molecule has 0 saturated heterocycles. The second kappa shape index (κ2) is 16.7. The van der Waals surface area contributed by atoms with E-state index in [9.17, 15) is 0 Å². The number of rotatable bonds is 7. The van der Waals surface area contributed by atoms with E-state index < -0.39 is 0 Å². The molecule has 4 aromatic heterocycles. The summed E-state index contributed by atoms with van der Waals surface area (Å²) in [4.78, 5) is 0. The number of furan rings is 2. The molecule has 76 heavy (non-hydrogen) atoms. The quantitative estimate of drug-likeness (QED) is 0.160. The van der Waals surface area contributed by atoms with E-state index in [1.807, 2.05) is 24.3 Å². The highest BCUT2D eigenvalue weighted by Crippen LogP contribution is 2.42. The Morgan fingerprint density at radius 1 is 0.184 bits per heavy atom. The summed E-state index contributed by atoms with van der Waals surface area (Å²) >= 11 is 0. The third kappa shape index (κ3) is 6.71. The lowest BCUT2D eigenvalue weighted by atomic mass is 9.96. The maximum atomic E-state index is 6.19. The maximum Gasteiger partial charge on any atom is 0.135 e. The summed E-state index contributed by atoms with van der Waals surface area (Å²) in [6.45, 7) is 0. The zero-order chi connectivity index (χ0) is 49.8. The van der Waals surface area contributed by atoms with Crippen molar-refractivity contribution in [1.82, 2.24) is 9.13 Å². The average Bonchev–Trinajstić information content (AvgIpc) is 4.24. The van der Waals surface area contributed by atoms with Crippen LogP contribution in [0.2, 0.25) is 0 Å². The fourth-order valence-electron chi connectivity index (χ4n) is 12.0. The number of benzene rings is 12. The van der Waals surface area contributed by atoms with E-state index in [1.165, 1.54) is 99.2 Å². The van der Waals surface area contributed by atoms with Gasteiger partial charge in [-0.25, -0.2) is 0 Å². The normalized spacial score (nSPS) is 11.9. The first kappa shape index (κ1) is 42.4. The van der Waals surface area contributed by atoms with Crippen LogP contribution in [0.15, 0.2) is 276 Å². The molecule has 0 atom stereocenters. The number of aromatic nitrogens is 2. The van der Waals surface area contributed by atoms with Gasteiger partial charge in [-0.3, -0.25) is 0 Å². The molecule has 0 aliphatic heterocycles. The van der Waals surface area contributed by atoms with Gasteiger partial charge < -0.3 is 18.0 Å². The van der Waals surface area contributed by atoms with Crippen molar-refractivity contribution in [2.24, 2.45) is 0 Å².